The molecule has 2 aromatic rings. The number of aryl methyl sites for hydroxylation is 1. The summed E-state index contributed by atoms with van der Waals surface area (Å²) in [6.07, 6.45) is 0. The Balaban J connectivity index is 2.50. The van der Waals surface area contributed by atoms with Gasteiger partial charge < -0.3 is 5.73 Å². The van der Waals surface area contributed by atoms with Gasteiger partial charge in [0.1, 0.15) is 5.82 Å². The molecule has 5 nitrogen and oxygen atoms in total. The van der Waals surface area contributed by atoms with Gasteiger partial charge in [-0.15, -0.1) is 5.10 Å². The quantitative estimate of drug-likeness (QED) is 0.748. The van der Waals surface area contributed by atoms with E-state index >= 15 is 0 Å². The van der Waals surface area contributed by atoms with Crippen LogP contribution in [0.1, 0.15) is 6.92 Å². The zero-order valence-electron chi connectivity index (χ0n) is 8.18. The predicted octanol–water partition coefficient (Wildman–Crippen LogP) is 1.08. The Bertz CT molecular complexity index is 479. The van der Waals surface area contributed by atoms with Crippen LogP contribution in [-0.4, -0.2) is 20.2 Å². The van der Waals surface area contributed by atoms with Gasteiger partial charge in [-0.05, 0) is 35.5 Å². The number of benzene rings is 1. The number of aromatic nitrogens is 4. The van der Waals surface area contributed by atoms with Crippen molar-refractivity contribution in [2.75, 3.05) is 5.73 Å². The highest BCUT2D eigenvalue weighted by Crippen LogP contribution is 2.20. The first-order valence-electron chi connectivity index (χ1n) is 4.54. The molecule has 15 heavy (non-hydrogen) atoms. The summed E-state index contributed by atoms with van der Waals surface area (Å²) in [4.78, 5) is 0. The van der Waals surface area contributed by atoms with Crippen LogP contribution in [0.4, 0.5) is 10.1 Å². The van der Waals surface area contributed by atoms with Gasteiger partial charge in [-0.2, -0.15) is 0 Å². The van der Waals surface area contributed by atoms with E-state index in [1.54, 1.807) is 10.7 Å². The normalized spacial score (nSPS) is 10.5. The molecule has 1 heterocycles. The molecule has 6 heteroatoms. The Morgan fingerprint density at radius 1 is 1.47 bits per heavy atom. The van der Waals surface area contributed by atoms with Gasteiger partial charge in [-0.25, -0.2) is 9.07 Å². The summed E-state index contributed by atoms with van der Waals surface area (Å²) in [5, 5.41) is 11.1. The summed E-state index contributed by atoms with van der Waals surface area (Å²) < 4.78 is 14.8. The van der Waals surface area contributed by atoms with Crippen LogP contribution in [0.15, 0.2) is 18.2 Å². The van der Waals surface area contributed by atoms with Gasteiger partial charge in [0.2, 0.25) is 0 Å². The predicted molar refractivity (Wildman–Crippen MR) is 53.3 cm³/mol. The van der Waals surface area contributed by atoms with Gasteiger partial charge in [0.15, 0.2) is 5.82 Å². The number of nitrogens with two attached hydrogens (primary N) is 1. The number of nitrogen functional groups attached to an aromatic ring is 1. The molecular weight excluding hydrogens is 197 g/mol. The number of rotatable bonds is 2. The Morgan fingerprint density at radius 3 is 2.93 bits per heavy atom. The molecule has 0 unspecified atom stereocenters. The highest BCUT2D eigenvalue weighted by molar-refractivity contribution is 5.58. The molecule has 0 bridgehead atoms. The SMILES string of the molecule is CCn1nnnc1-c1ccc(N)c(F)c1. The summed E-state index contributed by atoms with van der Waals surface area (Å²) >= 11 is 0. The summed E-state index contributed by atoms with van der Waals surface area (Å²) in [5.74, 6) is 0.0783. The third-order valence-corrected chi connectivity index (χ3v) is 2.09. The lowest BCUT2D eigenvalue weighted by Crippen LogP contribution is -2.00. The second-order valence-corrected chi connectivity index (χ2v) is 3.05. The molecule has 2 rings (SSSR count). The number of anilines is 1. The van der Waals surface area contributed by atoms with Gasteiger partial charge >= 0.3 is 0 Å². The van der Waals surface area contributed by atoms with Crippen LogP contribution in [0.25, 0.3) is 11.4 Å². The molecule has 0 saturated heterocycles. The van der Waals surface area contributed by atoms with Gasteiger partial charge in [-0.1, -0.05) is 0 Å². The summed E-state index contributed by atoms with van der Waals surface area (Å²) in [6, 6.07) is 4.52. The van der Waals surface area contributed by atoms with Gasteiger partial charge in [0.05, 0.1) is 5.69 Å². The minimum absolute atomic E-state index is 0.120. The van der Waals surface area contributed by atoms with Crippen LogP contribution in [0, 0.1) is 5.82 Å². The molecule has 1 aromatic carbocycles. The van der Waals surface area contributed by atoms with Gasteiger partial charge in [-0.3, -0.25) is 0 Å². The summed E-state index contributed by atoms with van der Waals surface area (Å²) in [6.45, 7) is 2.54. The Labute approximate surface area is 85.7 Å². The molecule has 0 aliphatic heterocycles. The molecular formula is C9H10FN5. The molecule has 2 N–H and O–H groups in total. The second kappa shape index (κ2) is 3.64. The maximum Gasteiger partial charge on any atom is 0.182 e. The first-order chi connectivity index (χ1) is 7.22. The smallest absolute Gasteiger partial charge is 0.182 e. The zero-order chi connectivity index (χ0) is 10.8. The molecule has 0 aliphatic rings. The van der Waals surface area contributed by atoms with E-state index < -0.39 is 5.82 Å². The van der Waals surface area contributed by atoms with E-state index in [-0.39, 0.29) is 5.69 Å². The van der Waals surface area contributed by atoms with Crippen molar-refractivity contribution in [3.63, 3.8) is 0 Å². The van der Waals surface area contributed by atoms with E-state index in [9.17, 15) is 4.39 Å². The van der Waals surface area contributed by atoms with Crippen LogP contribution in [0.5, 0.6) is 0 Å². The fourth-order valence-corrected chi connectivity index (χ4v) is 1.29. The number of halogens is 1. The highest BCUT2D eigenvalue weighted by Gasteiger charge is 2.09. The lowest BCUT2D eigenvalue weighted by Gasteiger charge is -2.02. The molecule has 78 valence electrons. The number of tetrazole rings is 1. The second-order valence-electron chi connectivity index (χ2n) is 3.05. The minimum atomic E-state index is -0.460. The zero-order valence-corrected chi connectivity index (χ0v) is 8.18. The van der Waals surface area contributed by atoms with Crippen LogP contribution >= 0.6 is 0 Å². The van der Waals surface area contributed by atoms with Crippen molar-refractivity contribution in [3.8, 4) is 11.4 Å². The highest BCUT2D eigenvalue weighted by atomic mass is 19.1. The lowest BCUT2D eigenvalue weighted by molar-refractivity contribution is 0.625. The monoisotopic (exact) mass is 207 g/mol. The molecule has 1 aromatic heterocycles. The molecule has 0 spiro atoms. The van der Waals surface area contributed by atoms with Crippen molar-refractivity contribution in [1.82, 2.24) is 20.2 Å². The molecule has 0 aliphatic carbocycles. The number of hydrogen-bond donors (Lipinski definition) is 1. The first-order valence-corrected chi connectivity index (χ1v) is 4.54. The van der Waals surface area contributed by atoms with E-state index in [4.69, 9.17) is 5.73 Å². The fourth-order valence-electron chi connectivity index (χ4n) is 1.29. The van der Waals surface area contributed by atoms with Crippen LogP contribution in [-0.2, 0) is 6.54 Å². The first kappa shape index (κ1) is 9.57. The van der Waals surface area contributed by atoms with Crippen molar-refractivity contribution >= 4 is 5.69 Å². The summed E-state index contributed by atoms with van der Waals surface area (Å²) in [7, 11) is 0. The molecule has 0 saturated carbocycles. The standard InChI is InChI=1S/C9H10FN5/c1-2-15-9(12-13-14-15)6-3-4-8(11)7(10)5-6/h3-5H,2,11H2,1H3. The average Bonchev–Trinajstić information content (AvgIpc) is 2.70. The Kier molecular flexibility index (Phi) is 2.32. The van der Waals surface area contributed by atoms with E-state index in [1.807, 2.05) is 6.92 Å². The van der Waals surface area contributed by atoms with Crippen molar-refractivity contribution in [2.45, 2.75) is 13.5 Å². The third kappa shape index (κ3) is 1.65. The average molecular weight is 207 g/mol. The molecule has 0 amide bonds. The number of hydrogen-bond acceptors (Lipinski definition) is 4. The Hall–Kier alpha value is -1.98. The van der Waals surface area contributed by atoms with Gasteiger partial charge in [0, 0.05) is 12.1 Å². The van der Waals surface area contributed by atoms with Crippen molar-refractivity contribution < 1.29 is 4.39 Å². The maximum atomic E-state index is 13.2. The lowest BCUT2D eigenvalue weighted by atomic mass is 10.2. The fraction of sp³-hybridized carbons (Fsp3) is 0.222. The molecule has 0 fully saturated rings. The largest absolute Gasteiger partial charge is 0.396 e. The van der Waals surface area contributed by atoms with E-state index in [0.717, 1.165) is 0 Å². The van der Waals surface area contributed by atoms with Crippen molar-refractivity contribution in [1.29, 1.82) is 0 Å². The summed E-state index contributed by atoms with van der Waals surface area (Å²) in [5.41, 5.74) is 6.12. The Morgan fingerprint density at radius 2 is 2.27 bits per heavy atom. The van der Waals surface area contributed by atoms with Crippen molar-refractivity contribution in [2.24, 2.45) is 0 Å². The van der Waals surface area contributed by atoms with Crippen molar-refractivity contribution in [3.05, 3.63) is 24.0 Å². The van der Waals surface area contributed by atoms with Crippen LogP contribution in [0.2, 0.25) is 0 Å². The van der Waals surface area contributed by atoms with E-state index in [1.165, 1.54) is 12.1 Å². The topological polar surface area (TPSA) is 69.6 Å². The molecule has 0 radical (unpaired) electrons. The minimum Gasteiger partial charge on any atom is -0.396 e. The molecule has 0 atom stereocenters. The van der Waals surface area contributed by atoms with Gasteiger partial charge in [0.25, 0.3) is 0 Å². The van der Waals surface area contributed by atoms with E-state index in [0.29, 0.717) is 17.9 Å². The third-order valence-electron chi connectivity index (χ3n) is 2.09. The maximum absolute atomic E-state index is 13.2. The van der Waals surface area contributed by atoms with Crippen LogP contribution < -0.4 is 5.73 Å². The van der Waals surface area contributed by atoms with E-state index in [2.05, 4.69) is 15.5 Å². The number of nitrogens with zero attached hydrogens (tertiary/aromatic N) is 4. The van der Waals surface area contributed by atoms with Crippen LogP contribution in [0.3, 0.4) is 0 Å².